The monoisotopic (exact) mass is 337 g/mol. The highest BCUT2D eigenvalue weighted by Crippen LogP contribution is 2.33. The molecule has 98 valence electrons. The molecular weight excluding hydrogens is 326 g/mol. The van der Waals surface area contributed by atoms with Crippen molar-refractivity contribution in [1.82, 2.24) is 0 Å². The lowest BCUT2D eigenvalue weighted by Gasteiger charge is -2.15. The van der Waals surface area contributed by atoms with E-state index in [1.807, 2.05) is 30.3 Å². The van der Waals surface area contributed by atoms with Gasteiger partial charge in [-0.2, -0.15) is 0 Å². The van der Waals surface area contributed by atoms with Gasteiger partial charge < -0.3 is 10.5 Å². The molecule has 0 amide bonds. The van der Waals surface area contributed by atoms with Gasteiger partial charge in [-0.3, -0.25) is 0 Å². The normalized spacial score (nSPS) is 14.9. The standard InChI is InChI=1S/C15H13BrClNO/c16-11-2-3-13(17)12(8-11)15(18)10-1-4-14-9(7-10)5-6-19-14/h1-4,7-8,15H,5-6,18H2. The number of fused-ring (bicyclic) bond motifs is 1. The number of ether oxygens (including phenoxy) is 1. The number of hydrogen-bond acceptors (Lipinski definition) is 2. The van der Waals surface area contributed by atoms with Gasteiger partial charge in [0.15, 0.2) is 0 Å². The molecule has 1 aliphatic rings. The Morgan fingerprint density at radius 2 is 2.05 bits per heavy atom. The second kappa shape index (κ2) is 5.16. The van der Waals surface area contributed by atoms with Crippen LogP contribution in [0.5, 0.6) is 5.75 Å². The van der Waals surface area contributed by atoms with Crippen LogP contribution in [-0.2, 0) is 6.42 Å². The van der Waals surface area contributed by atoms with Crippen LogP contribution >= 0.6 is 27.5 Å². The largest absolute Gasteiger partial charge is 0.493 e. The van der Waals surface area contributed by atoms with Crippen molar-refractivity contribution in [3.05, 3.63) is 62.6 Å². The predicted octanol–water partition coefficient (Wildman–Crippen LogP) is 4.09. The van der Waals surface area contributed by atoms with Crippen molar-refractivity contribution in [3.63, 3.8) is 0 Å². The van der Waals surface area contributed by atoms with Crippen LogP contribution < -0.4 is 10.5 Å². The fourth-order valence-electron chi connectivity index (χ4n) is 2.33. The van der Waals surface area contributed by atoms with E-state index in [-0.39, 0.29) is 6.04 Å². The van der Waals surface area contributed by atoms with Crippen LogP contribution in [0.3, 0.4) is 0 Å². The quantitative estimate of drug-likeness (QED) is 0.895. The van der Waals surface area contributed by atoms with Crippen molar-refractivity contribution in [3.8, 4) is 5.75 Å². The number of nitrogens with two attached hydrogens (primary N) is 1. The summed E-state index contributed by atoms with van der Waals surface area (Å²) in [5.74, 6) is 0.969. The van der Waals surface area contributed by atoms with Crippen molar-refractivity contribution in [2.45, 2.75) is 12.5 Å². The summed E-state index contributed by atoms with van der Waals surface area (Å²) >= 11 is 9.69. The summed E-state index contributed by atoms with van der Waals surface area (Å²) in [5.41, 5.74) is 9.54. The van der Waals surface area contributed by atoms with Gasteiger partial charge in [0, 0.05) is 15.9 Å². The van der Waals surface area contributed by atoms with Gasteiger partial charge in [0.05, 0.1) is 12.6 Å². The van der Waals surface area contributed by atoms with Gasteiger partial charge in [-0.25, -0.2) is 0 Å². The third-order valence-electron chi connectivity index (χ3n) is 3.37. The van der Waals surface area contributed by atoms with Crippen LogP contribution in [0.1, 0.15) is 22.7 Å². The van der Waals surface area contributed by atoms with Crippen LogP contribution in [0.15, 0.2) is 40.9 Å². The summed E-state index contributed by atoms with van der Waals surface area (Å²) in [4.78, 5) is 0. The van der Waals surface area contributed by atoms with E-state index in [2.05, 4.69) is 22.0 Å². The number of halogens is 2. The summed E-state index contributed by atoms with van der Waals surface area (Å²) in [6.45, 7) is 0.756. The van der Waals surface area contributed by atoms with Crippen molar-refractivity contribution >= 4 is 27.5 Å². The third kappa shape index (κ3) is 2.50. The highest BCUT2D eigenvalue weighted by Gasteiger charge is 2.17. The minimum atomic E-state index is -0.226. The Bertz CT molecular complexity index is 630. The molecule has 1 atom stereocenters. The SMILES string of the molecule is NC(c1ccc2c(c1)CCO2)c1cc(Br)ccc1Cl. The lowest BCUT2D eigenvalue weighted by Crippen LogP contribution is -2.12. The summed E-state index contributed by atoms with van der Waals surface area (Å²) in [6.07, 6.45) is 0.947. The van der Waals surface area contributed by atoms with Gasteiger partial charge in [0.25, 0.3) is 0 Å². The first-order chi connectivity index (χ1) is 9.15. The van der Waals surface area contributed by atoms with E-state index < -0.39 is 0 Å². The number of hydrogen-bond donors (Lipinski definition) is 1. The van der Waals surface area contributed by atoms with E-state index in [0.717, 1.165) is 34.4 Å². The molecule has 0 radical (unpaired) electrons. The first-order valence-corrected chi connectivity index (χ1v) is 7.28. The van der Waals surface area contributed by atoms with Crippen molar-refractivity contribution < 1.29 is 4.74 Å². The zero-order chi connectivity index (χ0) is 13.4. The summed E-state index contributed by atoms with van der Waals surface area (Å²) in [7, 11) is 0. The van der Waals surface area contributed by atoms with E-state index in [4.69, 9.17) is 22.1 Å². The highest BCUT2D eigenvalue weighted by atomic mass is 79.9. The molecule has 0 saturated carbocycles. The topological polar surface area (TPSA) is 35.2 Å². The van der Waals surface area contributed by atoms with E-state index in [1.165, 1.54) is 5.56 Å². The molecule has 0 spiro atoms. The second-order valence-electron chi connectivity index (χ2n) is 4.61. The predicted molar refractivity (Wildman–Crippen MR) is 80.8 cm³/mol. The van der Waals surface area contributed by atoms with E-state index >= 15 is 0 Å². The van der Waals surface area contributed by atoms with Gasteiger partial charge in [-0.05, 0) is 41.0 Å². The minimum absolute atomic E-state index is 0.226. The average Bonchev–Trinajstić information content (AvgIpc) is 2.88. The van der Waals surface area contributed by atoms with Crippen LogP contribution in [0, 0.1) is 0 Å². The summed E-state index contributed by atoms with van der Waals surface area (Å²) in [6, 6.07) is 11.6. The van der Waals surface area contributed by atoms with E-state index in [0.29, 0.717) is 5.02 Å². The average molecular weight is 339 g/mol. The van der Waals surface area contributed by atoms with Gasteiger partial charge in [0.1, 0.15) is 5.75 Å². The lowest BCUT2D eigenvalue weighted by atomic mass is 9.97. The third-order valence-corrected chi connectivity index (χ3v) is 4.20. The van der Waals surface area contributed by atoms with Crippen LogP contribution in [0.4, 0.5) is 0 Å². The molecular formula is C15H13BrClNO. The fraction of sp³-hybridized carbons (Fsp3) is 0.200. The fourth-order valence-corrected chi connectivity index (χ4v) is 2.95. The molecule has 2 nitrogen and oxygen atoms in total. The summed E-state index contributed by atoms with van der Waals surface area (Å²) < 4.78 is 6.49. The maximum absolute atomic E-state index is 6.33. The molecule has 1 unspecified atom stereocenters. The van der Waals surface area contributed by atoms with Gasteiger partial charge in [-0.15, -0.1) is 0 Å². The molecule has 1 heterocycles. The first-order valence-electron chi connectivity index (χ1n) is 6.11. The Labute approximate surface area is 125 Å². The Kier molecular flexibility index (Phi) is 3.52. The van der Waals surface area contributed by atoms with Crippen molar-refractivity contribution in [2.75, 3.05) is 6.61 Å². The molecule has 1 aliphatic heterocycles. The molecule has 4 heteroatoms. The van der Waals surface area contributed by atoms with E-state index in [9.17, 15) is 0 Å². The first kappa shape index (κ1) is 13.0. The second-order valence-corrected chi connectivity index (χ2v) is 5.93. The Morgan fingerprint density at radius 3 is 2.89 bits per heavy atom. The summed E-state index contributed by atoms with van der Waals surface area (Å²) in [5, 5.41) is 0.687. The number of benzene rings is 2. The molecule has 0 aromatic heterocycles. The zero-order valence-electron chi connectivity index (χ0n) is 10.2. The zero-order valence-corrected chi connectivity index (χ0v) is 12.5. The van der Waals surface area contributed by atoms with Crippen LogP contribution in [0.2, 0.25) is 5.02 Å². The van der Waals surface area contributed by atoms with Crippen molar-refractivity contribution in [2.24, 2.45) is 5.73 Å². The molecule has 2 N–H and O–H groups in total. The molecule has 3 rings (SSSR count). The molecule has 0 saturated heterocycles. The molecule has 2 aromatic carbocycles. The maximum atomic E-state index is 6.33. The molecule has 0 aliphatic carbocycles. The minimum Gasteiger partial charge on any atom is -0.493 e. The van der Waals surface area contributed by atoms with Crippen LogP contribution in [0.25, 0.3) is 0 Å². The van der Waals surface area contributed by atoms with E-state index in [1.54, 1.807) is 0 Å². The molecule has 19 heavy (non-hydrogen) atoms. The van der Waals surface area contributed by atoms with Crippen molar-refractivity contribution in [1.29, 1.82) is 0 Å². The van der Waals surface area contributed by atoms with Crippen LogP contribution in [-0.4, -0.2) is 6.61 Å². The molecule has 0 bridgehead atoms. The Morgan fingerprint density at radius 1 is 1.21 bits per heavy atom. The Hall–Kier alpha value is -1.03. The lowest BCUT2D eigenvalue weighted by molar-refractivity contribution is 0.357. The van der Waals surface area contributed by atoms with Gasteiger partial charge in [-0.1, -0.05) is 39.7 Å². The highest BCUT2D eigenvalue weighted by molar-refractivity contribution is 9.10. The smallest absolute Gasteiger partial charge is 0.122 e. The van der Waals surface area contributed by atoms with Gasteiger partial charge >= 0.3 is 0 Å². The molecule has 2 aromatic rings. The Balaban J connectivity index is 1.99. The van der Waals surface area contributed by atoms with Gasteiger partial charge in [0.2, 0.25) is 0 Å². The maximum Gasteiger partial charge on any atom is 0.122 e. The molecule has 0 fully saturated rings. The number of rotatable bonds is 2.